The van der Waals surface area contributed by atoms with Gasteiger partial charge in [-0.3, -0.25) is 4.79 Å². The van der Waals surface area contributed by atoms with Crippen LogP contribution < -0.4 is 9.46 Å². The second kappa shape index (κ2) is 7.51. The zero-order valence-corrected chi connectivity index (χ0v) is 14.7. The Kier molecular flexibility index (Phi) is 5.64. The molecular formula is C17H16ClNO4S. The monoisotopic (exact) mass is 365 g/mol. The molecule has 0 saturated heterocycles. The lowest BCUT2D eigenvalue weighted by molar-refractivity contribution is 0.0981. The van der Waals surface area contributed by atoms with Gasteiger partial charge in [-0.2, -0.15) is 0 Å². The van der Waals surface area contributed by atoms with Crippen molar-refractivity contribution in [1.29, 1.82) is 0 Å². The van der Waals surface area contributed by atoms with Crippen LogP contribution in [0.3, 0.4) is 0 Å². The number of hydrogen-bond donors (Lipinski definition) is 1. The molecule has 5 nitrogen and oxygen atoms in total. The summed E-state index contributed by atoms with van der Waals surface area (Å²) >= 11 is 5.83. The first-order valence-corrected chi connectivity index (χ1v) is 8.88. The number of carbonyl (C=O) groups excluding carboxylic acids is 1. The second-order valence-electron chi connectivity index (χ2n) is 5.01. The first-order valence-electron chi connectivity index (χ1n) is 6.96. The third-order valence-electron chi connectivity index (χ3n) is 3.20. The SMILES string of the molecule is COc1cccc(C=CS(=O)(=O)NC(=O)c2ccc(Cl)cc2C)c1. The average Bonchev–Trinajstić information content (AvgIpc) is 2.52. The molecule has 0 aromatic heterocycles. The molecule has 1 amide bonds. The van der Waals surface area contributed by atoms with E-state index >= 15 is 0 Å². The third kappa shape index (κ3) is 4.84. The molecular weight excluding hydrogens is 350 g/mol. The van der Waals surface area contributed by atoms with Crippen molar-refractivity contribution in [2.24, 2.45) is 0 Å². The molecule has 24 heavy (non-hydrogen) atoms. The molecule has 2 aromatic rings. The summed E-state index contributed by atoms with van der Waals surface area (Å²) in [6.45, 7) is 1.68. The maximum atomic E-state index is 12.1. The molecule has 0 atom stereocenters. The molecule has 7 heteroatoms. The highest BCUT2D eigenvalue weighted by Crippen LogP contribution is 2.16. The number of carbonyl (C=O) groups is 1. The van der Waals surface area contributed by atoms with Crippen molar-refractivity contribution in [1.82, 2.24) is 4.72 Å². The minimum atomic E-state index is -3.93. The number of benzene rings is 2. The topological polar surface area (TPSA) is 72.5 Å². The van der Waals surface area contributed by atoms with Crippen molar-refractivity contribution >= 4 is 33.6 Å². The maximum absolute atomic E-state index is 12.1. The van der Waals surface area contributed by atoms with Gasteiger partial charge in [-0.25, -0.2) is 13.1 Å². The van der Waals surface area contributed by atoms with E-state index in [2.05, 4.69) is 0 Å². The van der Waals surface area contributed by atoms with Crippen molar-refractivity contribution in [3.63, 3.8) is 0 Å². The molecule has 0 saturated carbocycles. The highest BCUT2D eigenvalue weighted by molar-refractivity contribution is 7.93. The minimum absolute atomic E-state index is 0.248. The Morgan fingerprint density at radius 1 is 1.21 bits per heavy atom. The summed E-state index contributed by atoms with van der Waals surface area (Å²) in [5, 5.41) is 1.41. The first kappa shape index (κ1) is 18.0. The molecule has 0 unspecified atom stereocenters. The van der Waals surface area contributed by atoms with Crippen molar-refractivity contribution in [3.8, 4) is 5.75 Å². The Balaban J connectivity index is 2.15. The van der Waals surface area contributed by atoms with Crippen LogP contribution in [-0.4, -0.2) is 21.4 Å². The van der Waals surface area contributed by atoms with Gasteiger partial charge in [-0.05, 0) is 54.5 Å². The number of amides is 1. The minimum Gasteiger partial charge on any atom is -0.497 e. The standard InChI is InChI=1S/C17H16ClNO4S/c1-12-10-14(18)6-7-16(12)17(20)19-24(21,22)9-8-13-4-3-5-15(11-13)23-2/h3-11H,1-2H3,(H,19,20). The Morgan fingerprint density at radius 2 is 1.96 bits per heavy atom. The molecule has 0 aliphatic carbocycles. The van der Waals surface area contributed by atoms with Gasteiger partial charge in [0.05, 0.1) is 12.5 Å². The summed E-state index contributed by atoms with van der Waals surface area (Å²) in [5.41, 5.74) is 1.47. The molecule has 0 aliphatic rings. The van der Waals surface area contributed by atoms with Crippen LogP contribution in [0.25, 0.3) is 6.08 Å². The van der Waals surface area contributed by atoms with Gasteiger partial charge in [-0.15, -0.1) is 0 Å². The Hall–Kier alpha value is -2.31. The highest BCUT2D eigenvalue weighted by atomic mass is 35.5. The third-order valence-corrected chi connectivity index (χ3v) is 4.40. The molecule has 0 heterocycles. The van der Waals surface area contributed by atoms with Crippen LogP contribution in [0, 0.1) is 6.92 Å². The zero-order valence-electron chi connectivity index (χ0n) is 13.1. The number of aryl methyl sites for hydroxylation is 1. The lowest BCUT2D eigenvalue weighted by Crippen LogP contribution is -2.29. The molecule has 0 spiro atoms. The summed E-state index contributed by atoms with van der Waals surface area (Å²) in [6, 6.07) is 11.5. The molecule has 1 N–H and O–H groups in total. The van der Waals surface area contributed by atoms with E-state index in [1.807, 2.05) is 4.72 Å². The lowest BCUT2D eigenvalue weighted by Gasteiger charge is -2.06. The van der Waals surface area contributed by atoms with Gasteiger partial charge in [0.2, 0.25) is 0 Å². The normalized spacial score (nSPS) is 11.5. The molecule has 126 valence electrons. The smallest absolute Gasteiger partial charge is 0.265 e. The van der Waals surface area contributed by atoms with Crippen molar-refractivity contribution in [3.05, 3.63) is 69.6 Å². The number of methoxy groups -OCH3 is 1. The fourth-order valence-corrected chi connectivity index (χ4v) is 3.01. The van der Waals surface area contributed by atoms with Gasteiger partial charge in [0, 0.05) is 10.6 Å². The number of hydrogen-bond acceptors (Lipinski definition) is 4. The van der Waals surface area contributed by atoms with Crippen LogP contribution in [0.2, 0.25) is 5.02 Å². The first-order chi connectivity index (χ1) is 11.3. The van der Waals surface area contributed by atoms with E-state index in [0.29, 0.717) is 21.9 Å². The summed E-state index contributed by atoms with van der Waals surface area (Å²) in [4.78, 5) is 12.1. The van der Waals surface area contributed by atoms with E-state index < -0.39 is 15.9 Å². The van der Waals surface area contributed by atoms with Gasteiger partial charge in [0.25, 0.3) is 15.9 Å². The number of rotatable bonds is 5. The summed E-state index contributed by atoms with van der Waals surface area (Å²) in [5.74, 6) is -0.102. The van der Waals surface area contributed by atoms with Crippen molar-refractivity contribution in [2.75, 3.05) is 7.11 Å². The lowest BCUT2D eigenvalue weighted by atomic mass is 10.1. The van der Waals surface area contributed by atoms with E-state index in [4.69, 9.17) is 16.3 Å². The molecule has 0 radical (unpaired) electrons. The Bertz CT molecular complexity index is 891. The zero-order chi connectivity index (χ0) is 17.7. The molecule has 0 aliphatic heterocycles. The molecule has 2 rings (SSSR count). The number of ether oxygens (including phenoxy) is 1. The second-order valence-corrected chi connectivity index (χ2v) is 7.02. The van der Waals surface area contributed by atoms with E-state index in [9.17, 15) is 13.2 Å². The Morgan fingerprint density at radius 3 is 2.62 bits per heavy atom. The molecule has 0 bridgehead atoms. The summed E-state index contributed by atoms with van der Waals surface area (Å²) in [6.07, 6.45) is 1.38. The largest absolute Gasteiger partial charge is 0.497 e. The van der Waals surface area contributed by atoms with E-state index in [1.165, 1.54) is 25.3 Å². The van der Waals surface area contributed by atoms with Gasteiger partial charge in [0.15, 0.2) is 0 Å². The van der Waals surface area contributed by atoms with Crippen LogP contribution >= 0.6 is 11.6 Å². The predicted octanol–water partition coefficient (Wildman–Crippen LogP) is 3.39. The summed E-state index contributed by atoms with van der Waals surface area (Å²) < 4.78 is 31.2. The van der Waals surface area contributed by atoms with Crippen molar-refractivity contribution < 1.29 is 17.9 Å². The van der Waals surface area contributed by atoms with E-state index in [1.54, 1.807) is 37.3 Å². The number of nitrogens with one attached hydrogen (secondary N) is 1. The van der Waals surface area contributed by atoms with Gasteiger partial charge in [-0.1, -0.05) is 23.7 Å². The predicted molar refractivity (Wildman–Crippen MR) is 94.6 cm³/mol. The molecule has 2 aromatic carbocycles. The molecule has 0 fully saturated rings. The van der Waals surface area contributed by atoms with Crippen LogP contribution in [-0.2, 0) is 10.0 Å². The van der Waals surface area contributed by atoms with E-state index in [0.717, 1.165) is 5.41 Å². The summed E-state index contributed by atoms with van der Waals surface area (Å²) in [7, 11) is -2.41. The van der Waals surface area contributed by atoms with Crippen LogP contribution in [0.5, 0.6) is 5.75 Å². The van der Waals surface area contributed by atoms with Crippen LogP contribution in [0.15, 0.2) is 47.9 Å². The number of sulfonamides is 1. The quantitative estimate of drug-likeness (QED) is 0.881. The Labute approximate surface area is 146 Å². The van der Waals surface area contributed by atoms with Gasteiger partial charge in [0.1, 0.15) is 5.75 Å². The number of halogens is 1. The fraction of sp³-hybridized carbons (Fsp3) is 0.118. The fourth-order valence-electron chi connectivity index (χ4n) is 2.01. The maximum Gasteiger partial charge on any atom is 0.265 e. The van der Waals surface area contributed by atoms with Crippen LogP contribution in [0.1, 0.15) is 21.5 Å². The van der Waals surface area contributed by atoms with Gasteiger partial charge < -0.3 is 4.74 Å². The van der Waals surface area contributed by atoms with Crippen molar-refractivity contribution in [2.45, 2.75) is 6.92 Å². The van der Waals surface area contributed by atoms with Gasteiger partial charge >= 0.3 is 0 Å². The van der Waals surface area contributed by atoms with E-state index in [-0.39, 0.29) is 5.56 Å². The van der Waals surface area contributed by atoms with Crippen LogP contribution in [0.4, 0.5) is 0 Å². The average molecular weight is 366 g/mol. The highest BCUT2D eigenvalue weighted by Gasteiger charge is 2.15.